The fraction of sp³-hybridized carbons (Fsp3) is 0.714. The van der Waals surface area contributed by atoms with Crippen LogP contribution in [0.25, 0.3) is 5.57 Å². The molecule has 2 aliphatic rings. The van der Waals surface area contributed by atoms with Gasteiger partial charge in [0.25, 0.3) is 0 Å². The third kappa shape index (κ3) is 4.27. The van der Waals surface area contributed by atoms with Crippen LogP contribution < -0.4 is 5.32 Å². The lowest BCUT2D eigenvalue weighted by Crippen LogP contribution is -2.31. The Hall–Kier alpha value is -1.66. The normalized spacial score (nSPS) is 22.0. The van der Waals surface area contributed by atoms with Crippen molar-refractivity contribution in [3.8, 4) is 0 Å². The summed E-state index contributed by atoms with van der Waals surface area (Å²) in [6.07, 6.45) is 7.07. The van der Waals surface area contributed by atoms with Crippen molar-refractivity contribution in [3.63, 3.8) is 0 Å². The van der Waals surface area contributed by atoms with Crippen LogP contribution in [0.3, 0.4) is 0 Å². The number of rotatable bonds is 8. The molecule has 1 N–H and O–H groups in total. The number of aryl methyl sites for hydroxylation is 1. The van der Waals surface area contributed by atoms with Crippen LogP contribution >= 0.6 is 0 Å². The predicted octanol–water partition coefficient (Wildman–Crippen LogP) is 2.62. The van der Waals surface area contributed by atoms with Gasteiger partial charge >= 0.3 is 5.97 Å². The van der Waals surface area contributed by atoms with Gasteiger partial charge in [-0.25, -0.2) is 0 Å². The van der Waals surface area contributed by atoms with Gasteiger partial charge in [0.2, 0.25) is 0 Å². The van der Waals surface area contributed by atoms with Crippen LogP contribution in [0.15, 0.2) is 6.08 Å². The van der Waals surface area contributed by atoms with Crippen molar-refractivity contribution in [3.05, 3.63) is 23.0 Å². The quantitative estimate of drug-likeness (QED) is 0.709. The number of nitrogens with zero attached hydrogens (tertiary/aromatic N) is 3. The Balaban J connectivity index is 1.82. The number of nitrogens with one attached hydrogen (secondary N) is 1. The van der Waals surface area contributed by atoms with E-state index in [9.17, 15) is 4.79 Å². The third-order valence-corrected chi connectivity index (χ3v) is 5.91. The van der Waals surface area contributed by atoms with E-state index in [-0.39, 0.29) is 11.4 Å². The molecule has 0 fully saturated rings. The van der Waals surface area contributed by atoms with Gasteiger partial charge in [-0.3, -0.25) is 14.4 Å². The summed E-state index contributed by atoms with van der Waals surface area (Å²) >= 11 is 0. The molecule has 1 atom stereocenters. The summed E-state index contributed by atoms with van der Waals surface area (Å²) in [5.41, 5.74) is 4.92. The van der Waals surface area contributed by atoms with Gasteiger partial charge in [-0.15, -0.1) is 0 Å². The zero-order valence-electron chi connectivity index (χ0n) is 17.3. The maximum absolute atomic E-state index is 12.3. The number of carbonyl (C=O) groups excluding carboxylic acids is 1. The first-order valence-electron chi connectivity index (χ1n) is 10.3. The maximum Gasteiger partial charge on any atom is 0.312 e. The predicted molar refractivity (Wildman–Crippen MR) is 107 cm³/mol. The molecule has 1 aliphatic carbocycles. The highest BCUT2D eigenvalue weighted by Crippen LogP contribution is 2.42. The maximum atomic E-state index is 12.3. The number of esters is 1. The molecule has 1 unspecified atom stereocenters. The zero-order valence-corrected chi connectivity index (χ0v) is 17.3. The molecule has 0 bridgehead atoms. The molecule has 1 aromatic heterocycles. The standard InChI is InChI=1S/C21H34N4O2/c1-5-27-20(26)21(2)10-8-16(9-11-21)19-17(15-24(4)14-12-22-3)23-25-13-6-7-18(19)25/h8,22H,5-7,9-15H2,1-4H3. The van der Waals surface area contributed by atoms with Gasteiger partial charge in [0.15, 0.2) is 0 Å². The smallest absolute Gasteiger partial charge is 0.312 e. The highest BCUT2D eigenvalue weighted by Gasteiger charge is 2.37. The van der Waals surface area contributed by atoms with Crippen molar-refractivity contribution in [1.82, 2.24) is 20.0 Å². The lowest BCUT2D eigenvalue weighted by Gasteiger charge is -2.30. The van der Waals surface area contributed by atoms with Crippen molar-refractivity contribution in [2.75, 3.05) is 33.8 Å². The first-order chi connectivity index (χ1) is 13.0. The molecule has 150 valence electrons. The monoisotopic (exact) mass is 374 g/mol. The molecule has 6 heteroatoms. The summed E-state index contributed by atoms with van der Waals surface area (Å²) in [7, 11) is 4.14. The van der Waals surface area contributed by atoms with Crippen LogP contribution in [0.5, 0.6) is 0 Å². The summed E-state index contributed by atoms with van der Waals surface area (Å²) in [4.78, 5) is 14.7. The Labute approximate surface area is 162 Å². The number of hydrogen-bond donors (Lipinski definition) is 1. The average molecular weight is 375 g/mol. The van der Waals surface area contributed by atoms with E-state index in [4.69, 9.17) is 9.84 Å². The lowest BCUT2D eigenvalue weighted by molar-refractivity contribution is -0.154. The van der Waals surface area contributed by atoms with Gasteiger partial charge in [-0.2, -0.15) is 5.10 Å². The van der Waals surface area contributed by atoms with Crippen LogP contribution in [-0.2, 0) is 29.0 Å². The molecule has 3 rings (SSSR count). The molecule has 27 heavy (non-hydrogen) atoms. The van der Waals surface area contributed by atoms with Gasteiger partial charge in [0, 0.05) is 37.4 Å². The Bertz CT molecular complexity index is 709. The largest absolute Gasteiger partial charge is 0.466 e. The second-order valence-electron chi connectivity index (χ2n) is 8.15. The molecule has 0 amide bonds. The van der Waals surface area contributed by atoms with E-state index in [2.05, 4.69) is 28.0 Å². The van der Waals surface area contributed by atoms with Gasteiger partial charge in [-0.05, 0) is 65.6 Å². The van der Waals surface area contributed by atoms with E-state index in [0.717, 1.165) is 51.9 Å². The van der Waals surface area contributed by atoms with E-state index in [1.54, 1.807) is 0 Å². The fourth-order valence-electron chi connectivity index (χ4n) is 4.19. The number of ether oxygens (including phenoxy) is 1. The Morgan fingerprint density at radius 3 is 2.93 bits per heavy atom. The van der Waals surface area contributed by atoms with Crippen molar-refractivity contribution in [2.45, 2.75) is 59.0 Å². The molecule has 0 saturated heterocycles. The minimum absolute atomic E-state index is 0.0624. The molecule has 6 nitrogen and oxygen atoms in total. The molecule has 0 aromatic carbocycles. The SMILES string of the molecule is CCOC(=O)C1(C)CC=C(c2c(CN(C)CCNC)nn3c2CCC3)CC1. The molecule has 0 saturated carbocycles. The first-order valence-corrected chi connectivity index (χ1v) is 10.3. The minimum atomic E-state index is -0.389. The Morgan fingerprint density at radius 2 is 2.26 bits per heavy atom. The minimum Gasteiger partial charge on any atom is -0.466 e. The molecular weight excluding hydrogens is 340 g/mol. The summed E-state index contributed by atoms with van der Waals surface area (Å²) in [5.74, 6) is -0.0624. The topological polar surface area (TPSA) is 59.4 Å². The van der Waals surface area contributed by atoms with Crippen molar-refractivity contribution in [2.24, 2.45) is 5.41 Å². The molecular formula is C21H34N4O2. The molecule has 2 heterocycles. The average Bonchev–Trinajstić information content (AvgIpc) is 3.22. The van der Waals surface area contributed by atoms with E-state index < -0.39 is 0 Å². The van der Waals surface area contributed by atoms with E-state index in [1.807, 2.05) is 20.9 Å². The summed E-state index contributed by atoms with van der Waals surface area (Å²) in [6.45, 7) is 8.22. The van der Waals surface area contributed by atoms with Crippen molar-refractivity contribution in [1.29, 1.82) is 0 Å². The highest BCUT2D eigenvalue weighted by atomic mass is 16.5. The number of allylic oxidation sites excluding steroid dienone is 2. The van der Waals surface area contributed by atoms with Crippen LogP contribution in [0, 0.1) is 5.41 Å². The van der Waals surface area contributed by atoms with Gasteiger partial charge in [0.1, 0.15) is 0 Å². The van der Waals surface area contributed by atoms with Crippen molar-refractivity contribution >= 4 is 11.5 Å². The molecule has 0 spiro atoms. The second-order valence-corrected chi connectivity index (χ2v) is 8.15. The Morgan fingerprint density at radius 1 is 1.44 bits per heavy atom. The summed E-state index contributed by atoms with van der Waals surface area (Å²) in [6, 6.07) is 0. The number of fused-ring (bicyclic) bond motifs is 1. The lowest BCUT2D eigenvalue weighted by atomic mass is 9.75. The number of hydrogen-bond acceptors (Lipinski definition) is 5. The first kappa shape index (κ1) is 20.1. The van der Waals surface area contributed by atoms with Crippen LogP contribution in [0.4, 0.5) is 0 Å². The highest BCUT2D eigenvalue weighted by molar-refractivity contribution is 5.79. The van der Waals surface area contributed by atoms with Crippen LogP contribution in [0.1, 0.15) is 56.5 Å². The summed E-state index contributed by atoms with van der Waals surface area (Å²) < 4.78 is 7.51. The van der Waals surface area contributed by atoms with E-state index in [1.165, 1.54) is 28.9 Å². The van der Waals surface area contributed by atoms with Crippen molar-refractivity contribution < 1.29 is 9.53 Å². The van der Waals surface area contributed by atoms with E-state index in [0.29, 0.717) is 6.61 Å². The van der Waals surface area contributed by atoms with Gasteiger partial charge < -0.3 is 10.1 Å². The van der Waals surface area contributed by atoms with E-state index >= 15 is 0 Å². The van der Waals surface area contributed by atoms with Crippen LogP contribution in [-0.4, -0.2) is 54.4 Å². The zero-order chi connectivity index (χ0) is 19.4. The van der Waals surface area contributed by atoms with Crippen LogP contribution in [0.2, 0.25) is 0 Å². The molecule has 0 radical (unpaired) electrons. The second kappa shape index (κ2) is 8.57. The third-order valence-electron chi connectivity index (χ3n) is 5.91. The molecule has 1 aliphatic heterocycles. The number of likely N-dealkylation sites (N-methyl/N-ethyl adjacent to an activating group) is 2. The number of carbonyl (C=O) groups is 1. The van der Waals surface area contributed by atoms with Gasteiger partial charge in [-0.1, -0.05) is 6.08 Å². The fourth-order valence-corrected chi connectivity index (χ4v) is 4.19. The molecule has 1 aromatic rings. The number of aromatic nitrogens is 2. The summed E-state index contributed by atoms with van der Waals surface area (Å²) in [5, 5.41) is 8.15. The van der Waals surface area contributed by atoms with Gasteiger partial charge in [0.05, 0.1) is 17.7 Å². The Kier molecular flexibility index (Phi) is 6.37.